The third kappa shape index (κ3) is 4.11. The van der Waals surface area contributed by atoms with Gasteiger partial charge in [-0.2, -0.15) is 0 Å². The Hall–Kier alpha value is -0.900. The lowest BCUT2D eigenvalue weighted by atomic mass is 10.4. The number of aliphatic hydroxyl groups excluding tert-OH is 1. The van der Waals surface area contributed by atoms with Crippen molar-refractivity contribution in [3.63, 3.8) is 0 Å². The van der Waals surface area contributed by atoms with E-state index >= 15 is 0 Å². The molecule has 0 aromatic carbocycles. The summed E-state index contributed by atoms with van der Waals surface area (Å²) < 4.78 is 49.8. The lowest BCUT2D eigenvalue weighted by Crippen LogP contribution is -2.39. The van der Waals surface area contributed by atoms with E-state index in [0.717, 1.165) is 12.4 Å². The second kappa shape index (κ2) is 5.17. The van der Waals surface area contributed by atoms with E-state index < -0.39 is 34.0 Å². The Labute approximate surface area is 101 Å². The monoisotopic (exact) mass is 287 g/mol. The number of alkyl halides is 2. The van der Waals surface area contributed by atoms with Crippen LogP contribution < -0.4 is 4.72 Å². The molecule has 0 bridgehead atoms. The van der Waals surface area contributed by atoms with Crippen molar-refractivity contribution in [3.05, 3.63) is 17.7 Å². The quantitative estimate of drug-likeness (QED) is 0.746. The molecule has 0 unspecified atom stereocenters. The maximum absolute atomic E-state index is 12.6. The van der Waals surface area contributed by atoms with E-state index in [1.807, 2.05) is 0 Å². The van der Waals surface area contributed by atoms with Gasteiger partial charge in [-0.15, -0.1) is 0 Å². The summed E-state index contributed by atoms with van der Waals surface area (Å²) in [6.45, 7) is -2.67. The van der Waals surface area contributed by atoms with Gasteiger partial charge in [0.1, 0.15) is 11.5 Å². The van der Waals surface area contributed by atoms with Gasteiger partial charge in [-0.25, -0.2) is 31.9 Å². The Morgan fingerprint density at radius 2 is 1.94 bits per heavy atom. The van der Waals surface area contributed by atoms with E-state index in [1.165, 1.54) is 0 Å². The zero-order chi connectivity index (χ0) is 13.1. The van der Waals surface area contributed by atoms with E-state index in [9.17, 15) is 17.2 Å². The fourth-order valence-electron chi connectivity index (χ4n) is 0.779. The van der Waals surface area contributed by atoms with Crippen LogP contribution in [0.15, 0.2) is 17.3 Å². The van der Waals surface area contributed by atoms with Crippen LogP contribution in [-0.2, 0) is 10.0 Å². The summed E-state index contributed by atoms with van der Waals surface area (Å²) in [5.41, 5.74) is 0. The molecule has 0 amide bonds. The average Bonchev–Trinajstić information content (AvgIpc) is 2.27. The van der Waals surface area contributed by atoms with Crippen LogP contribution >= 0.6 is 11.6 Å². The van der Waals surface area contributed by atoms with Gasteiger partial charge >= 0.3 is 0 Å². The van der Waals surface area contributed by atoms with Crippen LogP contribution in [0.25, 0.3) is 0 Å². The van der Waals surface area contributed by atoms with Crippen molar-refractivity contribution in [3.8, 4) is 0 Å². The van der Waals surface area contributed by atoms with Crippen LogP contribution in [0.3, 0.4) is 0 Å². The fourth-order valence-corrected chi connectivity index (χ4v) is 1.83. The summed E-state index contributed by atoms with van der Waals surface area (Å²) >= 11 is 5.34. The summed E-state index contributed by atoms with van der Waals surface area (Å²) in [7, 11) is -4.15. The van der Waals surface area contributed by atoms with E-state index in [0.29, 0.717) is 0 Å². The minimum Gasteiger partial charge on any atom is -0.390 e. The van der Waals surface area contributed by atoms with Crippen molar-refractivity contribution in [2.45, 2.75) is 10.8 Å². The van der Waals surface area contributed by atoms with Gasteiger partial charge in [0.25, 0.3) is 5.92 Å². The van der Waals surface area contributed by atoms with Crippen LogP contribution in [0.4, 0.5) is 8.78 Å². The molecule has 1 aromatic rings. The molecular weight excluding hydrogens is 280 g/mol. The minimum atomic E-state index is -4.15. The highest BCUT2D eigenvalue weighted by Gasteiger charge is 2.30. The molecule has 17 heavy (non-hydrogen) atoms. The van der Waals surface area contributed by atoms with E-state index in [-0.39, 0.29) is 5.28 Å². The predicted molar refractivity (Wildman–Crippen MR) is 54.3 cm³/mol. The Kier molecular flexibility index (Phi) is 4.31. The summed E-state index contributed by atoms with van der Waals surface area (Å²) in [6, 6.07) is 0. The van der Waals surface area contributed by atoms with Crippen LogP contribution in [0.1, 0.15) is 0 Å². The maximum atomic E-state index is 12.6. The molecule has 1 heterocycles. The summed E-state index contributed by atoms with van der Waals surface area (Å²) in [5, 5.41) is 8.11. The number of sulfonamides is 1. The molecule has 0 saturated carbocycles. The van der Waals surface area contributed by atoms with Crippen molar-refractivity contribution in [2.24, 2.45) is 0 Å². The molecule has 1 aromatic heterocycles. The molecule has 2 N–H and O–H groups in total. The molecule has 0 atom stereocenters. The fraction of sp³-hybridized carbons (Fsp3) is 0.429. The van der Waals surface area contributed by atoms with Gasteiger partial charge in [-0.05, 0) is 11.6 Å². The van der Waals surface area contributed by atoms with E-state index in [2.05, 4.69) is 9.97 Å². The Morgan fingerprint density at radius 1 is 1.41 bits per heavy atom. The molecule has 0 aliphatic heterocycles. The van der Waals surface area contributed by atoms with E-state index in [1.54, 1.807) is 4.72 Å². The van der Waals surface area contributed by atoms with Crippen LogP contribution in [-0.4, -0.2) is 42.6 Å². The van der Waals surface area contributed by atoms with Crippen molar-refractivity contribution in [1.82, 2.24) is 14.7 Å². The first-order chi connectivity index (χ1) is 7.77. The van der Waals surface area contributed by atoms with Crippen molar-refractivity contribution in [1.29, 1.82) is 0 Å². The zero-order valence-electron chi connectivity index (χ0n) is 8.27. The third-order valence-corrected chi connectivity index (χ3v) is 3.21. The molecule has 10 heteroatoms. The molecular formula is C7H8ClF2N3O3S. The molecule has 0 aliphatic rings. The van der Waals surface area contributed by atoms with Crippen molar-refractivity contribution in [2.75, 3.05) is 13.2 Å². The second-order valence-corrected chi connectivity index (χ2v) is 5.13. The van der Waals surface area contributed by atoms with Crippen LogP contribution in [0.2, 0.25) is 5.28 Å². The maximum Gasteiger partial charge on any atom is 0.283 e. The van der Waals surface area contributed by atoms with Crippen molar-refractivity contribution >= 4 is 21.6 Å². The molecule has 96 valence electrons. The Balaban J connectivity index is 2.79. The van der Waals surface area contributed by atoms with Crippen molar-refractivity contribution < 1.29 is 22.3 Å². The molecule has 0 aliphatic carbocycles. The molecule has 6 nitrogen and oxygen atoms in total. The largest absolute Gasteiger partial charge is 0.390 e. The van der Waals surface area contributed by atoms with E-state index in [4.69, 9.17) is 16.7 Å². The molecule has 1 rings (SSSR count). The van der Waals surface area contributed by atoms with Gasteiger partial charge in [0.15, 0.2) is 0 Å². The third-order valence-electron chi connectivity index (χ3n) is 1.66. The average molecular weight is 288 g/mol. The molecule has 0 saturated heterocycles. The smallest absolute Gasteiger partial charge is 0.283 e. The second-order valence-electron chi connectivity index (χ2n) is 3.03. The standard InChI is InChI=1S/C7H8ClF2N3O3S/c8-6-11-1-5(2-12-6)17(15,16)13-3-7(9,10)4-14/h1-2,13-14H,3-4H2. The summed E-state index contributed by atoms with van der Waals surface area (Å²) in [4.78, 5) is 6.42. The van der Waals surface area contributed by atoms with Gasteiger partial charge in [0.2, 0.25) is 15.3 Å². The number of nitrogens with one attached hydrogen (secondary N) is 1. The van der Waals surface area contributed by atoms with Crippen LogP contribution in [0, 0.1) is 0 Å². The zero-order valence-corrected chi connectivity index (χ0v) is 9.84. The number of aromatic nitrogens is 2. The van der Waals surface area contributed by atoms with Gasteiger partial charge in [-0.3, -0.25) is 0 Å². The topological polar surface area (TPSA) is 92.2 Å². The predicted octanol–water partition coefficient (Wildman–Crippen LogP) is 0.0359. The lowest BCUT2D eigenvalue weighted by molar-refractivity contribution is -0.0437. The number of hydrogen-bond donors (Lipinski definition) is 2. The van der Waals surface area contributed by atoms with Gasteiger partial charge in [-0.1, -0.05) is 0 Å². The number of rotatable bonds is 5. The molecule has 0 spiro atoms. The highest BCUT2D eigenvalue weighted by molar-refractivity contribution is 7.89. The highest BCUT2D eigenvalue weighted by Crippen LogP contribution is 2.13. The first kappa shape index (κ1) is 14.2. The molecule has 0 radical (unpaired) electrons. The highest BCUT2D eigenvalue weighted by atomic mass is 35.5. The number of nitrogens with zero attached hydrogens (tertiary/aromatic N) is 2. The number of hydrogen-bond acceptors (Lipinski definition) is 5. The molecule has 0 fully saturated rings. The first-order valence-corrected chi connectivity index (χ1v) is 6.09. The normalized spacial score (nSPS) is 12.7. The van der Waals surface area contributed by atoms with Crippen LogP contribution in [0.5, 0.6) is 0 Å². The van der Waals surface area contributed by atoms with Gasteiger partial charge in [0, 0.05) is 0 Å². The Morgan fingerprint density at radius 3 is 2.41 bits per heavy atom. The SMILES string of the molecule is O=S(=O)(NCC(F)(F)CO)c1cnc(Cl)nc1. The number of halogens is 3. The Bertz CT molecular complexity index is 480. The van der Waals surface area contributed by atoms with Gasteiger partial charge in [0.05, 0.1) is 18.9 Å². The number of aliphatic hydroxyl groups is 1. The minimum absolute atomic E-state index is 0.162. The summed E-state index contributed by atoms with van der Waals surface area (Å²) in [5.74, 6) is -3.53. The summed E-state index contributed by atoms with van der Waals surface area (Å²) in [6.07, 6.45) is 1.77. The van der Waals surface area contributed by atoms with Gasteiger partial charge < -0.3 is 5.11 Å². The first-order valence-electron chi connectivity index (χ1n) is 4.23. The lowest BCUT2D eigenvalue weighted by Gasteiger charge is -2.13.